The Morgan fingerprint density at radius 2 is 1.90 bits per heavy atom. The highest BCUT2D eigenvalue weighted by molar-refractivity contribution is 7.89. The Labute approximate surface area is 176 Å². The molecule has 0 unspecified atom stereocenters. The third kappa shape index (κ3) is 4.72. The first-order chi connectivity index (χ1) is 14.5. The van der Waals surface area contributed by atoms with Gasteiger partial charge in [-0.1, -0.05) is 30.3 Å². The maximum atomic E-state index is 11.4. The van der Waals surface area contributed by atoms with E-state index in [-0.39, 0.29) is 4.90 Å². The number of nitrogens with two attached hydrogens (primary N) is 1. The summed E-state index contributed by atoms with van der Waals surface area (Å²) in [7, 11) is -3.70. The van der Waals surface area contributed by atoms with Gasteiger partial charge in [0.1, 0.15) is 5.76 Å². The fourth-order valence-electron chi connectivity index (χ4n) is 3.50. The van der Waals surface area contributed by atoms with Crippen molar-refractivity contribution in [1.29, 1.82) is 0 Å². The summed E-state index contributed by atoms with van der Waals surface area (Å²) < 4.78 is 28.3. The van der Waals surface area contributed by atoms with Crippen molar-refractivity contribution in [2.24, 2.45) is 10.1 Å². The molecule has 2 heterocycles. The van der Waals surface area contributed by atoms with Crippen LogP contribution in [0.4, 0.5) is 5.69 Å². The summed E-state index contributed by atoms with van der Waals surface area (Å²) in [5, 5.41) is 8.62. The third-order valence-corrected chi connectivity index (χ3v) is 5.97. The lowest BCUT2D eigenvalue weighted by atomic mass is 10.2. The minimum absolute atomic E-state index is 0.0977. The van der Waals surface area contributed by atoms with Crippen LogP contribution in [0.15, 0.2) is 81.2 Å². The van der Waals surface area contributed by atoms with E-state index in [1.807, 2.05) is 18.2 Å². The van der Waals surface area contributed by atoms with Crippen molar-refractivity contribution in [3.05, 3.63) is 83.8 Å². The number of nitrogens with one attached hydrogen (secondary N) is 1. The van der Waals surface area contributed by atoms with Gasteiger partial charge in [0, 0.05) is 25.2 Å². The first kappa shape index (κ1) is 20.2. The number of para-hydroxylation sites is 1. The number of nitrogens with zero attached hydrogens (tertiary/aromatic N) is 2. The van der Waals surface area contributed by atoms with Gasteiger partial charge in [0.05, 0.1) is 17.7 Å². The molecule has 2 aromatic carbocycles. The fraction of sp³-hybridized carbons (Fsp3) is 0.227. The molecule has 0 saturated carbocycles. The molecule has 0 aliphatic carbocycles. The van der Waals surface area contributed by atoms with Crippen molar-refractivity contribution >= 4 is 21.7 Å². The molecule has 3 N–H and O–H groups in total. The number of hydrogen-bond acceptors (Lipinski definition) is 4. The topological polar surface area (TPSA) is 101 Å². The van der Waals surface area contributed by atoms with Crippen molar-refractivity contribution in [2.45, 2.75) is 24.3 Å². The van der Waals surface area contributed by atoms with Gasteiger partial charge in [0.25, 0.3) is 0 Å². The molecule has 0 bridgehead atoms. The summed E-state index contributed by atoms with van der Waals surface area (Å²) in [5.41, 5.74) is 3.36. The molecule has 0 radical (unpaired) electrons. The number of benzene rings is 2. The number of furan rings is 1. The van der Waals surface area contributed by atoms with Crippen LogP contribution in [-0.2, 0) is 29.4 Å². The zero-order valence-electron chi connectivity index (χ0n) is 16.5. The minimum Gasteiger partial charge on any atom is -0.469 e. The van der Waals surface area contributed by atoms with Crippen molar-refractivity contribution in [3.8, 4) is 0 Å². The van der Waals surface area contributed by atoms with Gasteiger partial charge in [-0.05, 0) is 47.9 Å². The van der Waals surface area contributed by atoms with E-state index in [2.05, 4.69) is 28.4 Å². The smallest absolute Gasteiger partial charge is 0.238 e. The van der Waals surface area contributed by atoms with Crippen LogP contribution in [0.2, 0.25) is 0 Å². The Kier molecular flexibility index (Phi) is 5.87. The molecule has 1 aromatic heterocycles. The summed E-state index contributed by atoms with van der Waals surface area (Å²) >= 11 is 0. The minimum atomic E-state index is -3.70. The van der Waals surface area contributed by atoms with Crippen molar-refractivity contribution in [1.82, 2.24) is 5.32 Å². The van der Waals surface area contributed by atoms with E-state index >= 15 is 0 Å². The van der Waals surface area contributed by atoms with Crippen molar-refractivity contribution in [2.75, 3.05) is 18.0 Å². The number of hydrogen-bond donors (Lipinski definition) is 2. The lowest BCUT2D eigenvalue weighted by Gasteiger charge is -2.23. The van der Waals surface area contributed by atoms with Crippen LogP contribution in [0.3, 0.4) is 0 Å². The highest BCUT2D eigenvalue weighted by Crippen LogP contribution is 2.27. The Morgan fingerprint density at radius 3 is 2.63 bits per heavy atom. The number of guanidine groups is 1. The van der Waals surface area contributed by atoms with Crippen molar-refractivity contribution in [3.63, 3.8) is 0 Å². The molecule has 156 valence electrons. The van der Waals surface area contributed by atoms with Gasteiger partial charge in [0.15, 0.2) is 5.96 Å². The van der Waals surface area contributed by atoms with Gasteiger partial charge >= 0.3 is 0 Å². The average molecular weight is 425 g/mol. The molecule has 0 spiro atoms. The van der Waals surface area contributed by atoms with E-state index in [1.165, 1.54) is 17.7 Å². The second-order valence-electron chi connectivity index (χ2n) is 7.12. The Bertz CT molecular complexity index is 1120. The van der Waals surface area contributed by atoms with Gasteiger partial charge in [0.2, 0.25) is 10.0 Å². The molecule has 0 fully saturated rings. The summed E-state index contributed by atoms with van der Waals surface area (Å²) in [5.74, 6) is 1.71. The molecule has 1 aliphatic rings. The van der Waals surface area contributed by atoms with Crippen LogP contribution in [0.5, 0.6) is 0 Å². The van der Waals surface area contributed by atoms with E-state index in [4.69, 9.17) is 14.5 Å². The van der Waals surface area contributed by atoms with Gasteiger partial charge in [-0.25, -0.2) is 18.5 Å². The van der Waals surface area contributed by atoms with Crippen LogP contribution < -0.4 is 15.4 Å². The molecular weight excluding hydrogens is 400 g/mol. The van der Waals surface area contributed by atoms with E-state index in [0.29, 0.717) is 13.1 Å². The predicted molar refractivity (Wildman–Crippen MR) is 117 cm³/mol. The van der Waals surface area contributed by atoms with E-state index < -0.39 is 10.0 Å². The molecule has 30 heavy (non-hydrogen) atoms. The zero-order chi connectivity index (χ0) is 21.0. The first-order valence-electron chi connectivity index (χ1n) is 9.78. The Morgan fingerprint density at radius 1 is 1.10 bits per heavy atom. The second-order valence-corrected chi connectivity index (χ2v) is 8.68. The highest BCUT2D eigenvalue weighted by Gasteiger charge is 2.22. The summed E-state index contributed by atoms with van der Waals surface area (Å²) in [6.07, 6.45) is 3.40. The largest absolute Gasteiger partial charge is 0.469 e. The zero-order valence-corrected chi connectivity index (χ0v) is 17.3. The summed E-state index contributed by atoms with van der Waals surface area (Å²) in [6, 6.07) is 18.7. The number of anilines is 1. The maximum Gasteiger partial charge on any atom is 0.238 e. The normalized spacial score (nSPS) is 14.0. The molecule has 0 atom stereocenters. The van der Waals surface area contributed by atoms with Crippen molar-refractivity contribution < 1.29 is 12.8 Å². The van der Waals surface area contributed by atoms with Crippen LogP contribution in [0, 0.1) is 0 Å². The molecule has 7 nitrogen and oxygen atoms in total. The van der Waals surface area contributed by atoms with Gasteiger partial charge in [-0.3, -0.25) is 0 Å². The summed E-state index contributed by atoms with van der Waals surface area (Å²) in [6.45, 7) is 1.97. The van der Waals surface area contributed by atoms with Gasteiger partial charge in [-0.2, -0.15) is 0 Å². The SMILES string of the molecule is NS(=O)(=O)c1ccc(CN=C(NCCc2ccco2)N2CCc3ccccc32)cc1. The lowest BCUT2D eigenvalue weighted by Crippen LogP contribution is -2.41. The predicted octanol–water partition coefficient (Wildman–Crippen LogP) is 2.68. The molecule has 4 rings (SSSR count). The quantitative estimate of drug-likeness (QED) is 0.468. The lowest BCUT2D eigenvalue weighted by molar-refractivity contribution is 0.507. The summed E-state index contributed by atoms with van der Waals surface area (Å²) in [4.78, 5) is 7.09. The number of aliphatic imine (C=N–C) groups is 1. The Hall–Kier alpha value is -3.10. The monoisotopic (exact) mass is 424 g/mol. The van der Waals surface area contributed by atoms with Crippen LogP contribution in [-0.4, -0.2) is 27.5 Å². The number of fused-ring (bicyclic) bond motifs is 1. The molecule has 0 saturated heterocycles. The van der Waals surface area contributed by atoms with Crippen LogP contribution in [0.25, 0.3) is 0 Å². The average Bonchev–Trinajstić information content (AvgIpc) is 3.40. The maximum absolute atomic E-state index is 11.4. The first-order valence-corrected chi connectivity index (χ1v) is 11.3. The molecular formula is C22H24N4O3S. The Balaban J connectivity index is 1.52. The van der Waals surface area contributed by atoms with E-state index in [1.54, 1.807) is 18.4 Å². The van der Waals surface area contributed by atoms with Gasteiger partial charge < -0.3 is 14.6 Å². The standard InChI is InChI=1S/C22H24N4O3S/c23-30(27,28)20-9-7-17(8-10-20)16-25-22(24-13-11-19-5-3-15-29-19)26-14-12-18-4-1-2-6-21(18)26/h1-10,15H,11-14,16H2,(H,24,25)(H2,23,27,28). The molecule has 3 aromatic rings. The fourth-order valence-corrected chi connectivity index (χ4v) is 4.01. The van der Waals surface area contributed by atoms with Crippen LogP contribution in [0.1, 0.15) is 16.9 Å². The molecule has 8 heteroatoms. The second kappa shape index (κ2) is 8.73. The number of primary sulfonamides is 1. The molecule has 1 aliphatic heterocycles. The van der Waals surface area contributed by atoms with E-state index in [9.17, 15) is 8.42 Å². The van der Waals surface area contributed by atoms with E-state index in [0.717, 1.165) is 42.4 Å². The van der Waals surface area contributed by atoms with Crippen LogP contribution >= 0.6 is 0 Å². The van der Waals surface area contributed by atoms with Gasteiger partial charge in [-0.15, -0.1) is 0 Å². The molecule has 0 amide bonds. The number of sulfonamides is 1. The third-order valence-electron chi connectivity index (χ3n) is 5.04. The highest BCUT2D eigenvalue weighted by atomic mass is 32.2. The number of rotatable bonds is 6.